The third-order valence-electron chi connectivity index (χ3n) is 1.56. The fourth-order valence-corrected chi connectivity index (χ4v) is 0.946. The van der Waals surface area contributed by atoms with Crippen molar-refractivity contribution in [1.29, 1.82) is 0 Å². The van der Waals surface area contributed by atoms with Gasteiger partial charge in [0.1, 0.15) is 6.17 Å². The Hall–Kier alpha value is -0.840. The molecule has 0 aromatic heterocycles. The van der Waals surface area contributed by atoms with Gasteiger partial charge in [-0.25, -0.2) is 9.18 Å². The Morgan fingerprint density at radius 3 is 2.50 bits per heavy atom. The lowest BCUT2D eigenvalue weighted by Crippen LogP contribution is -2.31. The number of nitrogens with zero attached hydrogens (tertiary/aromatic N) is 1. The summed E-state index contributed by atoms with van der Waals surface area (Å²) < 4.78 is 12.5. The molecule has 0 saturated carbocycles. The number of alkyl halides is 1. The predicted molar refractivity (Wildman–Crippen MR) is 32.5 cm³/mol. The van der Waals surface area contributed by atoms with Crippen molar-refractivity contribution in [3.63, 3.8) is 0 Å². The Bertz CT molecular complexity index is 143. The number of hydrogen-bond donors (Lipinski definition) is 2. The molecule has 1 aliphatic heterocycles. The highest BCUT2D eigenvalue weighted by molar-refractivity contribution is 5.65. The minimum absolute atomic E-state index is 0.0868. The molecule has 1 saturated heterocycles. The second-order valence-electron chi connectivity index (χ2n) is 2.37. The second-order valence-corrected chi connectivity index (χ2v) is 2.37. The monoisotopic (exact) mass is 148 g/mol. The van der Waals surface area contributed by atoms with Crippen LogP contribution in [-0.4, -0.2) is 41.4 Å². The SMILES string of the molecule is NC1CN(C(=O)O)C[C@H]1F. The van der Waals surface area contributed by atoms with Gasteiger partial charge in [0.25, 0.3) is 0 Å². The molecule has 1 heterocycles. The van der Waals surface area contributed by atoms with Crippen molar-refractivity contribution in [2.24, 2.45) is 5.73 Å². The lowest BCUT2D eigenvalue weighted by Gasteiger charge is -2.08. The maximum atomic E-state index is 12.5. The van der Waals surface area contributed by atoms with Gasteiger partial charge in [0.15, 0.2) is 0 Å². The number of carboxylic acid groups (broad SMARTS) is 1. The van der Waals surface area contributed by atoms with Gasteiger partial charge in [-0.05, 0) is 0 Å². The van der Waals surface area contributed by atoms with Crippen LogP contribution in [0, 0.1) is 0 Å². The molecule has 3 N–H and O–H groups in total. The number of carbonyl (C=O) groups is 1. The van der Waals surface area contributed by atoms with Gasteiger partial charge < -0.3 is 15.7 Å². The third-order valence-corrected chi connectivity index (χ3v) is 1.56. The predicted octanol–water partition coefficient (Wildman–Crippen LogP) is -0.355. The van der Waals surface area contributed by atoms with E-state index in [4.69, 9.17) is 10.8 Å². The average molecular weight is 148 g/mol. The zero-order valence-corrected chi connectivity index (χ0v) is 5.33. The van der Waals surface area contributed by atoms with Gasteiger partial charge in [-0.15, -0.1) is 0 Å². The minimum atomic E-state index is -1.20. The van der Waals surface area contributed by atoms with Gasteiger partial charge in [-0.2, -0.15) is 0 Å². The number of amides is 1. The fraction of sp³-hybridized carbons (Fsp3) is 0.800. The molecule has 1 unspecified atom stereocenters. The molecule has 10 heavy (non-hydrogen) atoms. The maximum Gasteiger partial charge on any atom is 0.407 e. The number of rotatable bonds is 0. The smallest absolute Gasteiger partial charge is 0.407 e. The molecule has 0 aliphatic carbocycles. The highest BCUT2D eigenvalue weighted by Crippen LogP contribution is 2.10. The van der Waals surface area contributed by atoms with Crippen molar-refractivity contribution in [2.45, 2.75) is 12.2 Å². The standard InChI is InChI=1S/C5H9FN2O2/c6-3-1-8(5(9)10)2-4(3)7/h3-4H,1-2,7H2,(H,9,10)/t3-,4?/m1/s1. The summed E-state index contributed by atoms with van der Waals surface area (Å²) in [4.78, 5) is 11.2. The summed E-state index contributed by atoms with van der Waals surface area (Å²) in [5, 5.41) is 8.35. The van der Waals surface area contributed by atoms with Gasteiger partial charge in [-0.1, -0.05) is 0 Å². The van der Waals surface area contributed by atoms with E-state index >= 15 is 0 Å². The number of hydrogen-bond acceptors (Lipinski definition) is 2. The highest BCUT2D eigenvalue weighted by Gasteiger charge is 2.32. The molecule has 0 aromatic carbocycles. The summed E-state index contributed by atoms with van der Waals surface area (Å²) in [7, 11) is 0. The van der Waals surface area contributed by atoms with E-state index in [2.05, 4.69) is 0 Å². The topological polar surface area (TPSA) is 66.6 Å². The lowest BCUT2D eigenvalue weighted by molar-refractivity contribution is 0.152. The molecule has 2 atom stereocenters. The zero-order chi connectivity index (χ0) is 7.72. The maximum absolute atomic E-state index is 12.5. The first-order valence-electron chi connectivity index (χ1n) is 2.99. The van der Waals surface area contributed by atoms with Gasteiger partial charge in [0, 0.05) is 6.54 Å². The van der Waals surface area contributed by atoms with Crippen LogP contribution < -0.4 is 5.73 Å². The molecule has 1 rings (SSSR count). The molecule has 58 valence electrons. The number of nitrogens with two attached hydrogens (primary N) is 1. The summed E-state index contributed by atoms with van der Waals surface area (Å²) in [5.74, 6) is 0. The normalized spacial score (nSPS) is 32.8. The van der Waals surface area contributed by atoms with Crippen molar-refractivity contribution in [3.8, 4) is 0 Å². The van der Waals surface area contributed by atoms with Crippen molar-refractivity contribution in [1.82, 2.24) is 4.90 Å². The first-order chi connectivity index (χ1) is 4.61. The Labute approximate surface area is 57.4 Å². The molecule has 1 fully saturated rings. The van der Waals surface area contributed by atoms with E-state index in [0.717, 1.165) is 4.90 Å². The van der Waals surface area contributed by atoms with E-state index in [0.29, 0.717) is 0 Å². The van der Waals surface area contributed by atoms with Crippen LogP contribution in [0.2, 0.25) is 0 Å². The van der Waals surface area contributed by atoms with Crippen LogP contribution in [0.5, 0.6) is 0 Å². The number of likely N-dealkylation sites (tertiary alicyclic amines) is 1. The quantitative estimate of drug-likeness (QED) is 0.493. The Morgan fingerprint density at radius 2 is 2.30 bits per heavy atom. The van der Waals surface area contributed by atoms with Crippen LogP contribution in [0.3, 0.4) is 0 Å². The van der Waals surface area contributed by atoms with Crippen molar-refractivity contribution < 1.29 is 14.3 Å². The van der Waals surface area contributed by atoms with E-state index in [1.807, 2.05) is 0 Å². The van der Waals surface area contributed by atoms with Crippen LogP contribution >= 0.6 is 0 Å². The first kappa shape index (κ1) is 7.27. The average Bonchev–Trinajstić information content (AvgIpc) is 2.13. The summed E-state index contributed by atoms with van der Waals surface area (Å²) >= 11 is 0. The minimum Gasteiger partial charge on any atom is -0.465 e. The van der Waals surface area contributed by atoms with E-state index in [-0.39, 0.29) is 13.1 Å². The van der Waals surface area contributed by atoms with Gasteiger partial charge in [0.2, 0.25) is 0 Å². The van der Waals surface area contributed by atoms with Gasteiger partial charge in [0.05, 0.1) is 12.6 Å². The van der Waals surface area contributed by atoms with E-state index in [1.165, 1.54) is 0 Å². The van der Waals surface area contributed by atoms with Crippen molar-refractivity contribution in [3.05, 3.63) is 0 Å². The fourth-order valence-electron chi connectivity index (χ4n) is 0.946. The molecule has 0 spiro atoms. The summed E-state index contributed by atoms with van der Waals surface area (Å²) in [6.45, 7) is 0.0208. The summed E-state index contributed by atoms with van der Waals surface area (Å²) in [6, 6.07) is -0.643. The molecule has 0 radical (unpaired) electrons. The molecule has 5 heteroatoms. The highest BCUT2D eigenvalue weighted by atomic mass is 19.1. The first-order valence-corrected chi connectivity index (χ1v) is 2.99. The number of halogens is 1. The molecule has 1 aliphatic rings. The third kappa shape index (κ3) is 1.18. The van der Waals surface area contributed by atoms with E-state index < -0.39 is 18.3 Å². The molecular weight excluding hydrogens is 139 g/mol. The molecule has 1 amide bonds. The van der Waals surface area contributed by atoms with Gasteiger partial charge in [-0.3, -0.25) is 0 Å². The van der Waals surface area contributed by atoms with Crippen LogP contribution in [-0.2, 0) is 0 Å². The van der Waals surface area contributed by atoms with E-state index in [1.54, 1.807) is 0 Å². The molecule has 0 aromatic rings. The zero-order valence-electron chi connectivity index (χ0n) is 5.33. The summed E-state index contributed by atoms with van der Waals surface area (Å²) in [6.07, 6.45) is -2.30. The van der Waals surface area contributed by atoms with Crippen LogP contribution in [0.1, 0.15) is 0 Å². The van der Waals surface area contributed by atoms with E-state index in [9.17, 15) is 9.18 Å². The van der Waals surface area contributed by atoms with Gasteiger partial charge >= 0.3 is 6.09 Å². The van der Waals surface area contributed by atoms with Crippen LogP contribution in [0.25, 0.3) is 0 Å². The Kier molecular flexibility index (Phi) is 1.76. The largest absolute Gasteiger partial charge is 0.465 e. The second kappa shape index (κ2) is 2.42. The van der Waals surface area contributed by atoms with Crippen LogP contribution in [0.15, 0.2) is 0 Å². The van der Waals surface area contributed by atoms with Crippen molar-refractivity contribution in [2.75, 3.05) is 13.1 Å². The Balaban J connectivity index is 2.49. The molecule has 4 nitrogen and oxygen atoms in total. The van der Waals surface area contributed by atoms with Crippen LogP contribution in [0.4, 0.5) is 9.18 Å². The lowest BCUT2D eigenvalue weighted by atomic mass is 10.3. The molecular formula is C5H9FN2O2. The van der Waals surface area contributed by atoms with Crippen molar-refractivity contribution >= 4 is 6.09 Å². The molecule has 0 bridgehead atoms. The summed E-state index contributed by atoms with van der Waals surface area (Å²) in [5.41, 5.74) is 5.23. The Morgan fingerprint density at radius 1 is 1.70 bits per heavy atom.